The molecule has 1 aromatic rings. The SMILES string of the molecule is CC(C)(O/N=C(\C(=O)N[C@@H]1C(=O)N2C[C@](SCC3COCCN3)(C(=O)O)S[C@H]12)c1csc(N)n1)C(=O)O. The van der Waals surface area contributed by atoms with Crippen LogP contribution in [0.25, 0.3) is 0 Å². The van der Waals surface area contributed by atoms with Crippen molar-refractivity contribution in [3.63, 3.8) is 0 Å². The van der Waals surface area contributed by atoms with Crippen molar-refractivity contribution in [2.45, 2.75) is 41.0 Å². The van der Waals surface area contributed by atoms with Crippen LogP contribution in [0.3, 0.4) is 0 Å². The number of rotatable bonds is 10. The molecular formula is C20H26N6O8S3. The van der Waals surface area contributed by atoms with Gasteiger partial charge in [0, 0.05) is 23.7 Å². The highest BCUT2D eigenvalue weighted by Gasteiger charge is 2.62. The zero-order chi connectivity index (χ0) is 27.0. The van der Waals surface area contributed by atoms with E-state index in [4.69, 9.17) is 15.3 Å². The van der Waals surface area contributed by atoms with E-state index in [9.17, 15) is 29.4 Å². The Morgan fingerprint density at radius 3 is 2.81 bits per heavy atom. The fourth-order valence-electron chi connectivity index (χ4n) is 3.64. The summed E-state index contributed by atoms with van der Waals surface area (Å²) in [6.45, 7) is 4.25. The van der Waals surface area contributed by atoms with Gasteiger partial charge in [0.25, 0.3) is 5.91 Å². The summed E-state index contributed by atoms with van der Waals surface area (Å²) in [5.41, 5.74) is 3.61. The molecule has 3 aliphatic rings. The van der Waals surface area contributed by atoms with E-state index in [1.807, 2.05) is 0 Å². The molecule has 6 N–H and O–H groups in total. The van der Waals surface area contributed by atoms with E-state index in [0.717, 1.165) is 23.1 Å². The van der Waals surface area contributed by atoms with E-state index in [1.54, 1.807) is 0 Å². The van der Waals surface area contributed by atoms with Gasteiger partial charge in [-0.15, -0.1) is 34.9 Å². The number of nitrogen functional groups attached to an aromatic ring is 1. The smallest absolute Gasteiger partial charge is 0.350 e. The summed E-state index contributed by atoms with van der Waals surface area (Å²) in [5.74, 6) is -3.16. The second-order valence-electron chi connectivity index (χ2n) is 8.94. The highest BCUT2D eigenvalue weighted by Crippen LogP contribution is 2.52. The maximum Gasteiger partial charge on any atom is 0.350 e. The zero-order valence-electron chi connectivity index (χ0n) is 19.8. The lowest BCUT2D eigenvalue weighted by Crippen LogP contribution is -2.68. The van der Waals surface area contributed by atoms with Crippen molar-refractivity contribution >= 4 is 69.5 Å². The van der Waals surface area contributed by atoms with E-state index in [2.05, 4.69) is 20.8 Å². The van der Waals surface area contributed by atoms with Gasteiger partial charge in [-0.05, 0) is 13.8 Å². The number of carboxylic acids is 2. The molecule has 0 bridgehead atoms. The number of aliphatic carboxylic acids is 2. The maximum atomic E-state index is 13.1. The molecule has 202 valence electrons. The Balaban J connectivity index is 1.47. The average molecular weight is 575 g/mol. The van der Waals surface area contributed by atoms with Crippen molar-refractivity contribution in [1.82, 2.24) is 20.5 Å². The number of carbonyl (C=O) groups excluding carboxylic acids is 2. The monoisotopic (exact) mass is 574 g/mol. The van der Waals surface area contributed by atoms with E-state index in [0.29, 0.717) is 25.5 Å². The predicted molar refractivity (Wildman–Crippen MR) is 136 cm³/mol. The number of thioether (sulfide) groups is 2. The molecule has 3 saturated heterocycles. The molecule has 0 aromatic carbocycles. The van der Waals surface area contributed by atoms with Crippen molar-refractivity contribution in [2.75, 3.05) is 37.8 Å². The first-order chi connectivity index (χ1) is 17.4. The number of carbonyl (C=O) groups is 4. The minimum atomic E-state index is -1.74. The quantitative estimate of drug-likeness (QED) is 0.132. The lowest BCUT2D eigenvalue weighted by atomic mass is 10.1. The summed E-state index contributed by atoms with van der Waals surface area (Å²) < 4.78 is 4.13. The number of fused-ring (bicyclic) bond motifs is 1. The lowest BCUT2D eigenvalue weighted by molar-refractivity contribution is -0.161. The van der Waals surface area contributed by atoms with Gasteiger partial charge in [-0.1, -0.05) is 5.16 Å². The second kappa shape index (κ2) is 10.6. The first-order valence-corrected chi connectivity index (χ1v) is 13.9. The number of aromatic nitrogens is 1. The molecule has 4 heterocycles. The highest BCUT2D eigenvalue weighted by atomic mass is 32.2. The van der Waals surface area contributed by atoms with Crippen LogP contribution in [-0.2, 0) is 28.8 Å². The summed E-state index contributed by atoms with van der Waals surface area (Å²) in [5, 5.41) is 29.9. The number of morpholine rings is 1. The van der Waals surface area contributed by atoms with Gasteiger partial charge in [-0.2, -0.15) is 0 Å². The standard InChI is InChI=1S/C20H26N6O8S3/c1-19(2,16(29)30)34-25-11(10-7-35-18(21)23-10)13(27)24-12-14(28)26-8-20(17(31)32,37-15(12)26)36-6-9-5-33-4-3-22-9/h7,9,12,15,22H,3-6,8H2,1-2H3,(H2,21,23)(H,24,27)(H,29,30)(H,31,32)/b25-11-/t9?,12-,15-,20-/m1/s1. The summed E-state index contributed by atoms with van der Waals surface area (Å²) in [4.78, 5) is 60.1. The van der Waals surface area contributed by atoms with Gasteiger partial charge in [0.15, 0.2) is 14.9 Å². The zero-order valence-corrected chi connectivity index (χ0v) is 22.3. The summed E-state index contributed by atoms with van der Waals surface area (Å²) in [7, 11) is 0. The van der Waals surface area contributed by atoms with Gasteiger partial charge in [-0.3, -0.25) is 9.59 Å². The third-order valence-electron chi connectivity index (χ3n) is 5.82. The summed E-state index contributed by atoms with van der Waals surface area (Å²) in [6, 6.07) is -1.02. The Hall–Kier alpha value is -2.60. The number of anilines is 1. The molecule has 17 heteroatoms. The van der Waals surface area contributed by atoms with E-state index >= 15 is 0 Å². The number of thiazole rings is 1. The molecule has 0 spiro atoms. The van der Waals surface area contributed by atoms with Crippen LogP contribution in [0.5, 0.6) is 0 Å². The molecule has 3 fully saturated rings. The van der Waals surface area contributed by atoms with E-state index < -0.39 is 44.8 Å². The fourth-order valence-corrected chi connectivity index (χ4v) is 7.33. The van der Waals surface area contributed by atoms with Gasteiger partial charge >= 0.3 is 11.9 Å². The number of nitrogens with zero attached hydrogens (tertiary/aromatic N) is 3. The molecule has 3 aliphatic heterocycles. The van der Waals surface area contributed by atoms with Crippen LogP contribution in [0.4, 0.5) is 5.13 Å². The van der Waals surface area contributed by atoms with E-state index in [1.165, 1.54) is 35.9 Å². The van der Waals surface area contributed by atoms with Gasteiger partial charge in [0.1, 0.15) is 17.1 Å². The molecule has 1 aromatic heterocycles. The molecule has 0 radical (unpaired) electrons. The molecular weight excluding hydrogens is 548 g/mol. The maximum absolute atomic E-state index is 13.1. The number of β-lactam (4-membered cyclic amide) rings is 1. The Kier molecular flexibility index (Phi) is 7.89. The lowest BCUT2D eigenvalue weighted by Gasteiger charge is -2.41. The second-order valence-corrected chi connectivity index (χ2v) is 12.8. The Morgan fingerprint density at radius 2 is 2.22 bits per heavy atom. The molecule has 4 atom stereocenters. The Bertz CT molecular complexity index is 1120. The Morgan fingerprint density at radius 1 is 1.46 bits per heavy atom. The summed E-state index contributed by atoms with van der Waals surface area (Å²) in [6.07, 6.45) is 0. The molecule has 14 nitrogen and oxygen atoms in total. The molecule has 1 unspecified atom stereocenters. The van der Waals surface area contributed by atoms with Gasteiger partial charge < -0.3 is 41.1 Å². The number of nitrogens with one attached hydrogen (secondary N) is 2. The van der Waals surface area contributed by atoms with Crippen LogP contribution >= 0.6 is 34.9 Å². The number of hydrogen-bond acceptors (Lipinski definition) is 13. The number of oxime groups is 1. The third kappa shape index (κ3) is 5.64. The third-order valence-corrected chi connectivity index (χ3v) is 9.93. The van der Waals surface area contributed by atoms with Gasteiger partial charge in [0.2, 0.25) is 11.5 Å². The van der Waals surface area contributed by atoms with Crippen LogP contribution in [-0.4, -0.2) is 109 Å². The topological polar surface area (TPSA) is 206 Å². The number of hydrogen-bond donors (Lipinski definition) is 5. The molecule has 4 rings (SSSR count). The predicted octanol–water partition coefficient (Wildman–Crippen LogP) is -0.788. The molecule has 2 amide bonds. The number of amides is 2. The van der Waals surface area contributed by atoms with Crippen molar-refractivity contribution in [1.29, 1.82) is 0 Å². The number of carboxylic acid groups (broad SMARTS) is 2. The minimum Gasteiger partial charge on any atom is -0.480 e. The fraction of sp³-hybridized carbons (Fsp3) is 0.600. The highest BCUT2D eigenvalue weighted by molar-refractivity contribution is 8.20. The summed E-state index contributed by atoms with van der Waals surface area (Å²) >= 11 is 3.36. The van der Waals surface area contributed by atoms with Gasteiger partial charge in [0.05, 0.1) is 19.8 Å². The molecule has 37 heavy (non-hydrogen) atoms. The van der Waals surface area contributed by atoms with Crippen molar-refractivity contribution in [2.24, 2.45) is 5.16 Å². The van der Waals surface area contributed by atoms with Crippen LogP contribution in [0.2, 0.25) is 0 Å². The average Bonchev–Trinajstić information content (AvgIpc) is 3.44. The van der Waals surface area contributed by atoms with Gasteiger partial charge in [-0.25, -0.2) is 14.6 Å². The first kappa shape index (κ1) is 27.4. The number of nitrogens with two attached hydrogens (primary N) is 1. The minimum absolute atomic E-state index is 0.00519. The Labute approximate surface area is 223 Å². The van der Waals surface area contributed by atoms with Crippen LogP contribution in [0.1, 0.15) is 19.5 Å². The van der Waals surface area contributed by atoms with Crippen LogP contribution in [0.15, 0.2) is 10.5 Å². The van der Waals surface area contributed by atoms with Crippen molar-refractivity contribution < 1.29 is 39.0 Å². The number of ether oxygens (including phenoxy) is 1. The normalized spacial score (nSPS) is 27.8. The van der Waals surface area contributed by atoms with Crippen molar-refractivity contribution in [3.8, 4) is 0 Å². The van der Waals surface area contributed by atoms with Crippen LogP contribution in [0, 0.1) is 0 Å². The van der Waals surface area contributed by atoms with Crippen LogP contribution < -0.4 is 16.4 Å². The largest absolute Gasteiger partial charge is 0.480 e. The van der Waals surface area contributed by atoms with E-state index in [-0.39, 0.29) is 29.1 Å². The molecule has 0 saturated carbocycles. The van der Waals surface area contributed by atoms with Crippen molar-refractivity contribution in [3.05, 3.63) is 11.1 Å². The molecule has 0 aliphatic carbocycles. The first-order valence-electron chi connectivity index (χ1n) is 11.1.